The summed E-state index contributed by atoms with van der Waals surface area (Å²) in [4.78, 5) is 35.2. The van der Waals surface area contributed by atoms with Gasteiger partial charge in [0, 0.05) is 13.0 Å². The lowest BCUT2D eigenvalue weighted by Crippen LogP contribution is -2.30. The smallest absolute Gasteiger partial charge is 0.294 e. The van der Waals surface area contributed by atoms with E-state index in [1.807, 2.05) is 5.43 Å². The molecular weight excluding hydrogens is 230 g/mol. The van der Waals surface area contributed by atoms with Crippen molar-refractivity contribution in [3.63, 3.8) is 0 Å². The number of nitrogens with zero attached hydrogens (tertiary/aromatic N) is 3. The van der Waals surface area contributed by atoms with E-state index in [1.165, 1.54) is 0 Å². The number of carbonyl (C=O) groups is 1. The topological polar surface area (TPSA) is 133 Å². The maximum Gasteiger partial charge on any atom is 0.347 e. The number of nitro groups is 1. The summed E-state index contributed by atoms with van der Waals surface area (Å²) in [5.41, 5.74) is 1.08. The molecule has 0 unspecified atom stereocenters. The first-order chi connectivity index (χ1) is 8.04. The Morgan fingerprint density at radius 3 is 2.94 bits per heavy atom. The maximum absolute atomic E-state index is 11.2. The van der Waals surface area contributed by atoms with Crippen LogP contribution in [0.15, 0.2) is 17.2 Å². The minimum atomic E-state index is -0.643. The Labute approximate surface area is 95.4 Å². The van der Waals surface area contributed by atoms with Crippen molar-refractivity contribution in [1.29, 1.82) is 0 Å². The summed E-state index contributed by atoms with van der Waals surface area (Å²) in [7, 11) is 0. The lowest BCUT2D eigenvalue weighted by molar-refractivity contribution is -0.385. The molecule has 9 heteroatoms. The summed E-state index contributed by atoms with van der Waals surface area (Å²) in [6.45, 7) is 0.168. The van der Waals surface area contributed by atoms with E-state index >= 15 is 0 Å². The van der Waals surface area contributed by atoms with E-state index in [9.17, 15) is 19.7 Å². The summed E-state index contributed by atoms with van der Waals surface area (Å²) in [6.07, 6.45) is 2.46. The lowest BCUT2D eigenvalue weighted by atomic mass is 10.3. The van der Waals surface area contributed by atoms with Crippen molar-refractivity contribution in [3.8, 4) is 0 Å². The number of aryl methyl sites for hydroxylation is 1. The average molecular weight is 241 g/mol. The van der Waals surface area contributed by atoms with Crippen LogP contribution in [0, 0.1) is 10.1 Å². The predicted molar refractivity (Wildman–Crippen MR) is 56.7 cm³/mol. The van der Waals surface area contributed by atoms with Gasteiger partial charge in [0.15, 0.2) is 0 Å². The fraction of sp³-hybridized carbons (Fsp3) is 0.375. The molecule has 17 heavy (non-hydrogen) atoms. The van der Waals surface area contributed by atoms with Gasteiger partial charge in [0.1, 0.15) is 6.20 Å². The molecule has 92 valence electrons. The Morgan fingerprint density at radius 1 is 1.65 bits per heavy atom. The molecule has 0 spiro atoms. The van der Waals surface area contributed by atoms with Crippen LogP contribution in [-0.4, -0.2) is 20.4 Å². The van der Waals surface area contributed by atoms with Crippen LogP contribution in [0.25, 0.3) is 0 Å². The number of nitrogens with two attached hydrogens (primary N) is 1. The monoisotopic (exact) mass is 241 g/mol. The molecule has 0 aromatic carbocycles. The average Bonchev–Trinajstić information content (AvgIpc) is 2.30. The van der Waals surface area contributed by atoms with E-state index < -0.39 is 10.6 Å². The van der Waals surface area contributed by atoms with Gasteiger partial charge in [-0.05, 0) is 6.42 Å². The van der Waals surface area contributed by atoms with Crippen molar-refractivity contribution < 1.29 is 9.72 Å². The Hall–Kier alpha value is -2.29. The standard InChI is InChI=1S/C8H11N5O4/c9-11-7(14)2-1-3-12-5-6(13(16)17)4-10-8(12)15/h4-5H,1-3,9H2,(H,11,14). The molecule has 1 amide bonds. The second kappa shape index (κ2) is 5.70. The summed E-state index contributed by atoms with van der Waals surface area (Å²) < 4.78 is 1.09. The summed E-state index contributed by atoms with van der Waals surface area (Å²) in [5.74, 6) is 4.51. The van der Waals surface area contributed by atoms with Crippen molar-refractivity contribution in [1.82, 2.24) is 15.0 Å². The molecule has 0 fully saturated rings. The molecule has 1 aromatic heterocycles. The zero-order valence-electron chi connectivity index (χ0n) is 8.83. The highest BCUT2D eigenvalue weighted by atomic mass is 16.6. The first kappa shape index (κ1) is 12.8. The van der Waals surface area contributed by atoms with Gasteiger partial charge >= 0.3 is 11.4 Å². The number of carbonyl (C=O) groups excluding carboxylic acids is 1. The Balaban J connectivity index is 2.70. The second-order valence-electron chi connectivity index (χ2n) is 3.22. The van der Waals surface area contributed by atoms with Gasteiger partial charge in [-0.25, -0.2) is 10.6 Å². The number of hydrazine groups is 1. The predicted octanol–water partition coefficient (Wildman–Crippen LogP) is -1.08. The molecule has 1 aromatic rings. The fourth-order valence-corrected chi connectivity index (χ4v) is 1.18. The third-order valence-electron chi connectivity index (χ3n) is 2.02. The Bertz CT molecular complexity index is 483. The quantitative estimate of drug-likeness (QED) is 0.291. The lowest BCUT2D eigenvalue weighted by Gasteiger charge is -2.03. The summed E-state index contributed by atoms with van der Waals surface area (Å²) in [5, 5.41) is 10.5. The van der Waals surface area contributed by atoms with Crippen LogP contribution in [0.3, 0.4) is 0 Å². The van der Waals surface area contributed by atoms with E-state index in [1.54, 1.807) is 0 Å². The van der Waals surface area contributed by atoms with Crippen LogP contribution in [0.1, 0.15) is 12.8 Å². The van der Waals surface area contributed by atoms with Crippen LogP contribution in [0.5, 0.6) is 0 Å². The van der Waals surface area contributed by atoms with Crippen LogP contribution in [0.2, 0.25) is 0 Å². The van der Waals surface area contributed by atoms with E-state index in [0.29, 0.717) is 6.42 Å². The van der Waals surface area contributed by atoms with Crippen molar-refractivity contribution in [2.24, 2.45) is 5.84 Å². The molecule has 0 atom stereocenters. The van der Waals surface area contributed by atoms with Crippen molar-refractivity contribution in [2.45, 2.75) is 19.4 Å². The number of nitrogens with one attached hydrogen (secondary N) is 1. The Morgan fingerprint density at radius 2 is 2.35 bits per heavy atom. The highest BCUT2D eigenvalue weighted by Crippen LogP contribution is 2.05. The normalized spacial score (nSPS) is 9.94. The molecule has 0 saturated heterocycles. The first-order valence-electron chi connectivity index (χ1n) is 4.75. The number of hydrogen-bond donors (Lipinski definition) is 2. The SMILES string of the molecule is NNC(=O)CCCn1cc([N+](=O)[O-])cnc1=O. The van der Waals surface area contributed by atoms with Gasteiger partial charge in [0.25, 0.3) is 0 Å². The molecule has 0 aliphatic heterocycles. The largest absolute Gasteiger partial charge is 0.347 e. The van der Waals surface area contributed by atoms with Crippen LogP contribution >= 0.6 is 0 Å². The zero-order chi connectivity index (χ0) is 12.8. The molecule has 1 rings (SSSR count). The van der Waals surface area contributed by atoms with Crippen molar-refractivity contribution in [2.75, 3.05) is 0 Å². The van der Waals surface area contributed by atoms with Crippen molar-refractivity contribution >= 4 is 11.6 Å². The van der Waals surface area contributed by atoms with E-state index in [2.05, 4.69) is 4.98 Å². The molecule has 3 N–H and O–H groups in total. The number of rotatable bonds is 5. The van der Waals surface area contributed by atoms with Gasteiger partial charge < -0.3 is 0 Å². The highest BCUT2D eigenvalue weighted by Gasteiger charge is 2.09. The van der Waals surface area contributed by atoms with Gasteiger partial charge in [-0.1, -0.05) is 0 Å². The highest BCUT2D eigenvalue weighted by molar-refractivity contribution is 5.75. The minimum absolute atomic E-state index is 0.131. The Kier molecular flexibility index (Phi) is 4.29. The third-order valence-corrected chi connectivity index (χ3v) is 2.02. The summed E-state index contributed by atoms with van der Waals surface area (Å²) >= 11 is 0. The van der Waals surface area contributed by atoms with Crippen LogP contribution in [-0.2, 0) is 11.3 Å². The molecular formula is C8H11N5O4. The molecule has 0 radical (unpaired) electrons. The molecule has 1 heterocycles. The maximum atomic E-state index is 11.2. The zero-order valence-corrected chi connectivity index (χ0v) is 8.83. The van der Waals surface area contributed by atoms with Gasteiger partial charge in [0.2, 0.25) is 5.91 Å². The summed E-state index contributed by atoms with van der Waals surface area (Å²) in [6, 6.07) is 0. The molecule has 9 nitrogen and oxygen atoms in total. The van der Waals surface area contributed by atoms with E-state index in [4.69, 9.17) is 5.84 Å². The number of amides is 1. The second-order valence-corrected chi connectivity index (χ2v) is 3.22. The van der Waals surface area contributed by atoms with E-state index in [-0.39, 0.29) is 24.6 Å². The van der Waals surface area contributed by atoms with Crippen LogP contribution < -0.4 is 17.0 Å². The van der Waals surface area contributed by atoms with E-state index in [0.717, 1.165) is 17.0 Å². The minimum Gasteiger partial charge on any atom is -0.294 e. The number of hydrogen-bond acceptors (Lipinski definition) is 6. The van der Waals surface area contributed by atoms with Gasteiger partial charge in [-0.3, -0.25) is 24.9 Å². The molecule has 0 aliphatic rings. The van der Waals surface area contributed by atoms with Gasteiger partial charge in [0.05, 0.1) is 11.1 Å². The number of aromatic nitrogens is 2. The molecule has 0 saturated carbocycles. The first-order valence-corrected chi connectivity index (χ1v) is 4.75. The van der Waals surface area contributed by atoms with Crippen LogP contribution in [0.4, 0.5) is 5.69 Å². The van der Waals surface area contributed by atoms with Gasteiger partial charge in [-0.15, -0.1) is 0 Å². The van der Waals surface area contributed by atoms with Crippen molar-refractivity contribution in [3.05, 3.63) is 33.0 Å². The molecule has 0 bridgehead atoms. The fourth-order valence-electron chi connectivity index (χ4n) is 1.18. The molecule has 0 aliphatic carbocycles. The van der Waals surface area contributed by atoms with Gasteiger partial charge in [-0.2, -0.15) is 4.98 Å². The third kappa shape index (κ3) is 3.65.